The fourth-order valence-electron chi connectivity index (χ4n) is 2.95. The number of aliphatic hydroxyl groups is 1. The van der Waals surface area contributed by atoms with Crippen LogP contribution in [-0.2, 0) is 15.1 Å². The highest BCUT2D eigenvalue weighted by atomic mass is 16.7. The number of unbranched alkanes of at least 4 members (excludes halogenated alkanes) is 5. The molecule has 150 valence electrons. The van der Waals surface area contributed by atoms with Crippen LogP contribution in [0.1, 0.15) is 85.1 Å². The molecule has 0 saturated carbocycles. The van der Waals surface area contributed by atoms with Gasteiger partial charge >= 0.3 is 0 Å². The van der Waals surface area contributed by atoms with E-state index in [0.717, 1.165) is 32.3 Å². The molecule has 1 N–H and O–H groups in total. The van der Waals surface area contributed by atoms with Crippen molar-refractivity contribution in [3.63, 3.8) is 0 Å². The number of rotatable bonds is 13. The smallest absolute Gasteiger partial charge is 0.163 e. The Balaban J connectivity index is 2.54. The first-order chi connectivity index (χ1) is 12.3. The summed E-state index contributed by atoms with van der Waals surface area (Å²) in [5, 5.41) is 8.81. The van der Waals surface area contributed by atoms with Crippen molar-refractivity contribution in [1.82, 2.24) is 0 Å². The average molecular weight is 365 g/mol. The van der Waals surface area contributed by atoms with Gasteiger partial charge in [-0.3, -0.25) is 0 Å². The van der Waals surface area contributed by atoms with Crippen LogP contribution >= 0.6 is 0 Å². The zero-order valence-corrected chi connectivity index (χ0v) is 17.6. The van der Waals surface area contributed by atoms with Crippen LogP contribution < -0.4 is 0 Å². The van der Waals surface area contributed by atoms with E-state index < -0.39 is 0 Å². The standard InChI is InChI=1S/C23H40O3/c1-6-23(5,20-16-12-11-13-17-20)26-21(22(2,3)4)25-19-15-10-8-7-9-14-18-24/h11-13,16-17,21,24H,6-10,14-15,18-19H2,1-5H3. The molecule has 3 heteroatoms. The Kier molecular flexibility index (Phi) is 10.4. The minimum atomic E-state index is -0.344. The maximum absolute atomic E-state index is 8.81. The molecule has 0 fully saturated rings. The highest BCUT2D eigenvalue weighted by Crippen LogP contribution is 2.35. The summed E-state index contributed by atoms with van der Waals surface area (Å²) in [6, 6.07) is 10.4. The molecule has 2 unspecified atom stereocenters. The Bertz CT molecular complexity index is 466. The van der Waals surface area contributed by atoms with Gasteiger partial charge in [0, 0.05) is 18.6 Å². The Labute approximate surface area is 161 Å². The van der Waals surface area contributed by atoms with E-state index in [4.69, 9.17) is 14.6 Å². The summed E-state index contributed by atoms with van der Waals surface area (Å²) >= 11 is 0. The summed E-state index contributed by atoms with van der Waals surface area (Å²) in [6.07, 6.45) is 7.35. The van der Waals surface area contributed by atoms with Crippen LogP contribution in [0.4, 0.5) is 0 Å². The summed E-state index contributed by atoms with van der Waals surface area (Å²) in [4.78, 5) is 0. The Morgan fingerprint density at radius 3 is 2.00 bits per heavy atom. The number of hydrogen-bond acceptors (Lipinski definition) is 3. The molecule has 0 saturated heterocycles. The molecule has 1 aromatic carbocycles. The predicted octanol–water partition coefficient (Wildman–Crippen LogP) is 6.05. The molecule has 0 spiro atoms. The topological polar surface area (TPSA) is 38.7 Å². The maximum atomic E-state index is 8.81. The van der Waals surface area contributed by atoms with Crippen molar-refractivity contribution < 1.29 is 14.6 Å². The van der Waals surface area contributed by atoms with Crippen molar-refractivity contribution in [1.29, 1.82) is 0 Å². The van der Waals surface area contributed by atoms with Gasteiger partial charge in [0.2, 0.25) is 0 Å². The minimum Gasteiger partial charge on any atom is -0.396 e. The summed E-state index contributed by atoms with van der Waals surface area (Å²) < 4.78 is 12.7. The van der Waals surface area contributed by atoms with Gasteiger partial charge in [-0.1, -0.05) is 83.7 Å². The van der Waals surface area contributed by atoms with Crippen molar-refractivity contribution in [3.05, 3.63) is 35.9 Å². The molecule has 0 aliphatic carbocycles. The van der Waals surface area contributed by atoms with E-state index in [2.05, 4.69) is 58.9 Å². The largest absolute Gasteiger partial charge is 0.396 e. The average Bonchev–Trinajstić information content (AvgIpc) is 2.62. The molecule has 1 aromatic rings. The molecular formula is C23H40O3. The Hall–Kier alpha value is -0.900. The first-order valence-corrected chi connectivity index (χ1v) is 10.3. The fourth-order valence-corrected chi connectivity index (χ4v) is 2.95. The normalized spacial score (nSPS) is 15.6. The van der Waals surface area contributed by atoms with Gasteiger partial charge in [0.15, 0.2) is 6.29 Å². The van der Waals surface area contributed by atoms with Crippen molar-refractivity contribution in [2.45, 2.75) is 91.5 Å². The van der Waals surface area contributed by atoms with Crippen LogP contribution in [0.3, 0.4) is 0 Å². The van der Waals surface area contributed by atoms with Gasteiger partial charge in [0.25, 0.3) is 0 Å². The molecule has 2 atom stereocenters. The molecule has 0 aliphatic rings. The molecule has 0 aliphatic heterocycles. The minimum absolute atomic E-state index is 0.0770. The van der Waals surface area contributed by atoms with Crippen molar-refractivity contribution in [3.8, 4) is 0 Å². The van der Waals surface area contributed by atoms with Crippen LogP contribution in [0.5, 0.6) is 0 Å². The third kappa shape index (κ3) is 8.20. The number of benzene rings is 1. The van der Waals surface area contributed by atoms with Crippen LogP contribution in [0.2, 0.25) is 0 Å². The van der Waals surface area contributed by atoms with Gasteiger partial charge < -0.3 is 14.6 Å². The molecular weight excluding hydrogens is 324 g/mol. The van der Waals surface area contributed by atoms with E-state index in [1.54, 1.807) is 0 Å². The molecule has 0 amide bonds. The van der Waals surface area contributed by atoms with E-state index in [1.807, 2.05) is 6.07 Å². The van der Waals surface area contributed by atoms with Crippen LogP contribution in [0, 0.1) is 5.41 Å². The van der Waals surface area contributed by atoms with Gasteiger partial charge in [-0.2, -0.15) is 0 Å². The molecule has 0 radical (unpaired) electrons. The number of ether oxygens (including phenoxy) is 2. The SMILES string of the molecule is CCC(C)(OC(OCCCCCCCCO)C(C)(C)C)c1ccccc1. The molecule has 26 heavy (non-hydrogen) atoms. The zero-order chi connectivity index (χ0) is 19.5. The summed E-state index contributed by atoms with van der Waals surface area (Å²) in [5.74, 6) is 0. The second kappa shape index (κ2) is 11.7. The third-order valence-corrected chi connectivity index (χ3v) is 4.96. The predicted molar refractivity (Wildman–Crippen MR) is 109 cm³/mol. The first kappa shape index (κ1) is 23.1. The second-order valence-electron chi connectivity index (χ2n) is 8.48. The van der Waals surface area contributed by atoms with Gasteiger partial charge in [-0.25, -0.2) is 0 Å². The first-order valence-electron chi connectivity index (χ1n) is 10.3. The molecule has 3 nitrogen and oxygen atoms in total. The summed E-state index contributed by atoms with van der Waals surface area (Å²) in [5.41, 5.74) is 0.778. The quantitative estimate of drug-likeness (QED) is 0.342. The van der Waals surface area contributed by atoms with Crippen LogP contribution in [0.15, 0.2) is 30.3 Å². The number of hydrogen-bond donors (Lipinski definition) is 1. The highest BCUT2D eigenvalue weighted by Gasteiger charge is 2.35. The Morgan fingerprint density at radius 2 is 1.46 bits per heavy atom. The van der Waals surface area contributed by atoms with E-state index in [1.165, 1.54) is 24.8 Å². The monoisotopic (exact) mass is 364 g/mol. The van der Waals surface area contributed by atoms with Crippen molar-refractivity contribution >= 4 is 0 Å². The maximum Gasteiger partial charge on any atom is 0.163 e. The lowest BCUT2D eigenvalue weighted by molar-refractivity contribution is -0.252. The fraction of sp³-hybridized carbons (Fsp3) is 0.739. The third-order valence-electron chi connectivity index (χ3n) is 4.96. The summed E-state index contributed by atoms with van der Waals surface area (Å²) in [7, 11) is 0. The van der Waals surface area contributed by atoms with E-state index >= 15 is 0 Å². The van der Waals surface area contributed by atoms with Crippen molar-refractivity contribution in [2.24, 2.45) is 5.41 Å². The molecule has 0 aromatic heterocycles. The van der Waals surface area contributed by atoms with Gasteiger partial charge in [0.05, 0.1) is 5.60 Å². The Morgan fingerprint density at radius 1 is 0.885 bits per heavy atom. The van der Waals surface area contributed by atoms with Crippen molar-refractivity contribution in [2.75, 3.05) is 13.2 Å². The second-order valence-corrected chi connectivity index (χ2v) is 8.48. The zero-order valence-electron chi connectivity index (χ0n) is 17.6. The lowest BCUT2D eigenvalue weighted by Gasteiger charge is -2.39. The highest BCUT2D eigenvalue weighted by molar-refractivity contribution is 5.21. The van der Waals surface area contributed by atoms with Crippen LogP contribution in [-0.4, -0.2) is 24.6 Å². The van der Waals surface area contributed by atoms with E-state index in [9.17, 15) is 0 Å². The number of aliphatic hydroxyl groups excluding tert-OH is 1. The van der Waals surface area contributed by atoms with Gasteiger partial charge in [0.1, 0.15) is 0 Å². The molecule has 0 heterocycles. The van der Waals surface area contributed by atoms with E-state index in [-0.39, 0.29) is 17.3 Å². The van der Waals surface area contributed by atoms with Crippen LogP contribution in [0.25, 0.3) is 0 Å². The lowest BCUT2D eigenvalue weighted by Crippen LogP contribution is -2.40. The molecule has 0 bridgehead atoms. The summed E-state index contributed by atoms with van der Waals surface area (Å²) in [6.45, 7) is 11.9. The van der Waals surface area contributed by atoms with Gasteiger partial charge in [-0.15, -0.1) is 0 Å². The van der Waals surface area contributed by atoms with Gasteiger partial charge in [-0.05, 0) is 31.7 Å². The molecule has 1 rings (SSSR count). The van der Waals surface area contributed by atoms with E-state index in [0.29, 0.717) is 6.61 Å². The lowest BCUT2D eigenvalue weighted by atomic mass is 9.90.